The number of esters is 1. The zero-order valence-electron chi connectivity index (χ0n) is 29.9. The minimum Gasteiger partial charge on any atom is -0.456 e. The molecule has 6 rings (SSSR count). The van der Waals surface area contributed by atoms with Crippen LogP contribution >= 0.6 is 23.1 Å². The number of aliphatic hydroxyl groups is 1. The molecule has 4 heterocycles. The Morgan fingerprint density at radius 2 is 1.62 bits per heavy atom. The van der Waals surface area contributed by atoms with Crippen molar-refractivity contribution in [3.05, 3.63) is 102 Å². The van der Waals surface area contributed by atoms with E-state index in [9.17, 15) is 44.5 Å². The van der Waals surface area contributed by atoms with Crippen molar-refractivity contribution in [3.8, 4) is 0 Å². The van der Waals surface area contributed by atoms with Crippen LogP contribution in [0.4, 0.5) is 21.3 Å². The summed E-state index contributed by atoms with van der Waals surface area (Å²) in [6, 6.07) is 10.9. The lowest BCUT2D eigenvalue weighted by Crippen LogP contribution is -2.63. The van der Waals surface area contributed by atoms with Crippen molar-refractivity contribution in [3.63, 3.8) is 0 Å². The average molecular weight is 796 g/mol. The summed E-state index contributed by atoms with van der Waals surface area (Å²) in [5.41, 5.74) is 1.37. The van der Waals surface area contributed by atoms with E-state index in [0.717, 1.165) is 0 Å². The van der Waals surface area contributed by atoms with Crippen LogP contribution in [0, 0.1) is 32.1 Å². The highest BCUT2D eigenvalue weighted by Gasteiger charge is 2.60. The number of benzene rings is 2. The number of likely N-dealkylation sites (N-methyl/N-ethyl adjacent to an activating group) is 1. The van der Waals surface area contributed by atoms with Crippen LogP contribution < -0.4 is 10.2 Å². The highest BCUT2D eigenvalue weighted by Crippen LogP contribution is 2.52. The van der Waals surface area contributed by atoms with Gasteiger partial charge >= 0.3 is 12.1 Å². The third kappa shape index (κ3) is 8.40. The van der Waals surface area contributed by atoms with Gasteiger partial charge in [-0.15, -0.1) is 23.1 Å². The van der Waals surface area contributed by atoms with Crippen LogP contribution in [0.5, 0.6) is 0 Å². The van der Waals surface area contributed by atoms with Gasteiger partial charge in [-0.2, -0.15) is 0 Å². The van der Waals surface area contributed by atoms with Crippen LogP contribution in [-0.2, 0) is 32.3 Å². The number of nitro benzene ring substituents is 2. The Labute approximate surface area is 322 Å². The molecule has 2 aromatic carbocycles. The van der Waals surface area contributed by atoms with Gasteiger partial charge in [0.05, 0.1) is 27.9 Å². The molecule has 4 atom stereocenters. The van der Waals surface area contributed by atoms with E-state index in [2.05, 4.69) is 10.3 Å². The summed E-state index contributed by atoms with van der Waals surface area (Å²) in [6.07, 6.45) is -1.60. The van der Waals surface area contributed by atoms with Crippen LogP contribution in [0.25, 0.3) is 0 Å². The van der Waals surface area contributed by atoms with Crippen LogP contribution in [0.2, 0.25) is 0 Å². The van der Waals surface area contributed by atoms with Gasteiger partial charge in [0.25, 0.3) is 17.3 Å². The Bertz CT molecular complexity index is 2020. The molecule has 0 bridgehead atoms. The Morgan fingerprint density at radius 1 is 1.04 bits per heavy atom. The van der Waals surface area contributed by atoms with Gasteiger partial charge in [0.1, 0.15) is 24.6 Å². The second-order valence-electron chi connectivity index (χ2n) is 13.3. The third-order valence-electron chi connectivity index (χ3n) is 9.52. The van der Waals surface area contributed by atoms with Crippen LogP contribution in [0.1, 0.15) is 35.5 Å². The molecule has 0 radical (unpaired) electrons. The molecule has 3 amide bonds. The number of thioether (sulfide) groups is 1. The number of aliphatic hydroxyl groups excluding tert-OH is 1. The first-order valence-electron chi connectivity index (χ1n) is 17.2. The number of hydrogen-bond donors (Lipinski definition) is 2. The number of nitrogens with zero attached hydrogens (tertiary/aromatic N) is 6. The van der Waals surface area contributed by atoms with E-state index >= 15 is 0 Å². The van der Waals surface area contributed by atoms with Crippen molar-refractivity contribution in [2.45, 2.75) is 44.5 Å². The van der Waals surface area contributed by atoms with Gasteiger partial charge in [-0.1, -0.05) is 6.92 Å². The molecule has 290 valence electrons. The fraction of sp³-hybridized carbons (Fsp3) is 0.400. The molecule has 20 heteroatoms. The number of β-lactam (4-membered cyclic amide) rings is 1. The quantitative estimate of drug-likeness (QED) is 0.0968. The molecule has 1 aromatic heterocycles. The summed E-state index contributed by atoms with van der Waals surface area (Å²) >= 11 is 2.79. The largest absolute Gasteiger partial charge is 0.456 e. The number of ether oxygens (including phenoxy) is 2. The predicted octanol–water partition coefficient (Wildman–Crippen LogP) is 3.69. The maximum atomic E-state index is 13.5. The number of amides is 3. The van der Waals surface area contributed by atoms with Crippen molar-refractivity contribution in [1.29, 1.82) is 0 Å². The van der Waals surface area contributed by atoms with Gasteiger partial charge in [-0.3, -0.25) is 29.8 Å². The molecule has 3 aliphatic heterocycles. The maximum Gasteiger partial charge on any atom is 0.407 e. The minimum absolute atomic E-state index is 0.0330. The maximum absolute atomic E-state index is 13.5. The fourth-order valence-corrected chi connectivity index (χ4v) is 8.83. The molecule has 0 spiro atoms. The first kappa shape index (κ1) is 39.1. The second-order valence-corrected chi connectivity index (χ2v) is 15.5. The SMILES string of the molecule is C[C@@H](O)[C@H]1C(=O)N2C(C(=O)OCc3ccc([N+](=O)[O-])cc3)=C(SC3CN(c4nc(C(=O)N(C)CCNC(=O)OCc5ccc([N+](=O)[O-])cc5)cs4)C3)[C@H](C)[C@H]12. The Hall–Kier alpha value is -5.60. The van der Waals surface area contributed by atoms with Gasteiger partial charge in [-0.25, -0.2) is 14.6 Å². The highest BCUT2D eigenvalue weighted by molar-refractivity contribution is 8.03. The molecule has 0 saturated carbocycles. The van der Waals surface area contributed by atoms with E-state index < -0.39 is 33.9 Å². The van der Waals surface area contributed by atoms with Crippen molar-refractivity contribution in [2.75, 3.05) is 38.1 Å². The molecule has 3 aromatic rings. The number of nitrogens with one attached hydrogen (secondary N) is 1. The molecule has 0 unspecified atom stereocenters. The third-order valence-corrected chi connectivity index (χ3v) is 11.9. The van der Waals surface area contributed by atoms with E-state index in [1.165, 1.54) is 81.4 Å². The molecule has 55 heavy (non-hydrogen) atoms. The number of non-ortho nitro benzene ring substituents is 2. The Balaban J connectivity index is 0.999. The topological polar surface area (TPSA) is 228 Å². The van der Waals surface area contributed by atoms with E-state index in [1.807, 2.05) is 11.8 Å². The second kappa shape index (κ2) is 16.4. The minimum atomic E-state index is -0.896. The van der Waals surface area contributed by atoms with Crippen LogP contribution in [0.3, 0.4) is 0 Å². The molecular weight excluding hydrogens is 759 g/mol. The molecule has 0 aliphatic carbocycles. The fourth-order valence-electron chi connectivity index (χ4n) is 6.49. The summed E-state index contributed by atoms with van der Waals surface area (Å²) < 4.78 is 10.7. The molecule has 18 nitrogen and oxygen atoms in total. The van der Waals surface area contributed by atoms with Gasteiger partial charge in [0.15, 0.2) is 5.13 Å². The average Bonchev–Trinajstić information content (AvgIpc) is 3.71. The molecule has 3 aliphatic rings. The molecule has 2 N–H and O–H groups in total. The van der Waals surface area contributed by atoms with E-state index in [4.69, 9.17) is 9.47 Å². The number of anilines is 1. The standard InChI is InChI=1S/C35H37N7O11S2/c1-19-28-27(20(2)43)32(45)40(28)29(33(46)52-16-21-4-8-23(9-5-21)41(48)49)30(19)55-25-14-39(15-25)34-37-26(18-54-34)31(44)38(3)13-12-36-35(47)53-17-22-6-10-24(11-7-22)42(50)51/h4-11,18-20,25,27-28,43H,12-17H2,1-3H3,(H,36,47)/t19-,20-,27-,28-/m1/s1. The van der Waals surface area contributed by atoms with Gasteiger partial charge in [0, 0.05) is 78.9 Å². The Kier molecular flexibility index (Phi) is 11.7. The van der Waals surface area contributed by atoms with Gasteiger partial charge < -0.3 is 34.6 Å². The molecule has 2 fully saturated rings. The van der Waals surface area contributed by atoms with Gasteiger partial charge in [-0.05, 0) is 42.3 Å². The zero-order chi connectivity index (χ0) is 39.6. The number of aromatic nitrogens is 1. The number of carbonyl (C=O) groups excluding carboxylic acids is 4. The van der Waals surface area contributed by atoms with Crippen LogP contribution in [-0.4, -0.2) is 104 Å². The lowest BCUT2D eigenvalue weighted by Gasteiger charge is -2.46. The monoisotopic (exact) mass is 795 g/mol. The first-order valence-corrected chi connectivity index (χ1v) is 18.9. The summed E-state index contributed by atoms with van der Waals surface area (Å²) in [5.74, 6) is -2.25. The van der Waals surface area contributed by atoms with Crippen molar-refractivity contribution in [2.24, 2.45) is 11.8 Å². The Morgan fingerprint density at radius 3 is 2.18 bits per heavy atom. The van der Waals surface area contributed by atoms with Crippen LogP contribution in [0.15, 0.2) is 64.5 Å². The lowest BCUT2D eigenvalue weighted by atomic mass is 9.79. The van der Waals surface area contributed by atoms with E-state index in [-0.39, 0.29) is 78.1 Å². The molecule has 2 saturated heterocycles. The lowest BCUT2D eigenvalue weighted by molar-refractivity contribution is -0.385. The predicted molar refractivity (Wildman–Crippen MR) is 199 cm³/mol. The first-order chi connectivity index (χ1) is 26.2. The summed E-state index contributed by atoms with van der Waals surface area (Å²) in [5, 5.41) is 37.0. The number of hydrogen-bond acceptors (Lipinski definition) is 15. The number of rotatable bonds is 15. The number of alkyl carbamates (subject to hydrolysis) is 1. The highest BCUT2D eigenvalue weighted by atomic mass is 32.2. The number of fused-ring (bicyclic) bond motifs is 1. The van der Waals surface area contributed by atoms with Crippen molar-refractivity contribution >= 4 is 63.5 Å². The van der Waals surface area contributed by atoms with E-state index in [0.29, 0.717) is 34.3 Å². The summed E-state index contributed by atoms with van der Waals surface area (Å²) in [7, 11) is 1.59. The van der Waals surface area contributed by atoms with Gasteiger partial charge in [0.2, 0.25) is 5.91 Å². The summed E-state index contributed by atoms with van der Waals surface area (Å²) in [4.78, 5) is 82.6. The van der Waals surface area contributed by atoms with Crippen molar-refractivity contribution < 1.29 is 43.6 Å². The normalized spacial score (nSPS) is 19.6. The molecular formula is C35H37N7O11S2. The number of carbonyl (C=O) groups is 4. The number of thiazole rings is 1. The smallest absolute Gasteiger partial charge is 0.407 e. The van der Waals surface area contributed by atoms with E-state index in [1.54, 1.807) is 19.4 Å². The number of nitro groups is 2. The van der Waals surface area contributed by atoms with Crippen molar-refractivity contribution in [1.82, 2.24) is 20.1 Å². The zero-order valence-corrected chi connectivity index (χ0v) is 31.5. The summed E-state index contributed by atoms with van der Waals surface area (Å²) in [6.45, 7) is 4.68.